The Morgan fingerprint density at radius 3 is 2.06 bits per heavy atom. The van der Waals surface area contributed by atoms with Crippen LogP contribution in [0, 0.1) is 6.92 Å². The van der Waals surface area contributed by atoms with Gasteiger partial charge in [-0.1, -0.05) is 6.92 Å². The zero-order chi connectivity index (χ0) is 26.7. The second kappa shape index (κ2) is 11.2. The number of aryl methyl sites for hydroxylation is 1. The van der Waals surface area contributed by atoms with Crippen molar-refractivity contribution in [1.82, 2.24) is 0 Å². The van der Waals surface area contributed by atoms with Crippen molar-refractivity contribution < 1.29 is 52.0 Å². The van der Waals surface area contributed by atoms with Gasteiger partial charge in [0.05, 0.1) is 12.4 Å². The van der Waals surface area contributed by atoms with Crippen LogP contribution in [0.15, 0.2) is 15.5 Å². The van der Waals surface area contributed by atoms with Gasteiger partial charge in [0.15, 0.2) is 24.6 Å². The number of esters is 4. The van der Waals surface area contributed by atoms with E-state index in [0.717, 1.165) is 20.8 Å². The molecule has 0 aromatic carbocycles. The predicted octanol–water partition coefficient (Wildman–Crippen LogP) is 1.60. The fourth-order valence-electron chi connectivity index (χ4n) is 4.63. The van der Waals surface area contributed by atoms with E-state index in [0.29, 0.717) is 23.1 Å². The molecule has 2 heterocycles. The maximum Gasteiger partial charge on any atom is 0.339 e. The van der Waals surface area contributed by atoms with Gasteiger partial charge < -0.3 is 32.8 Å². The largest absolute Gasteiger partial charge is 0.463 e. The van der Waals surface area contributed by atoms with E-state index in [2.05, 4.69) is 0 Å². The van der Waals surface area contributed by atoms with E-state index in [9.17, 15) is 24.0 Å². The highest BCUT2D eigenvalue weighted by molar-refractivity contribution is 5.68. The number of hydrogen-bond donors (Lipinski definition) is 0. The topological polar surface area (TPSA) is 154 Å². The van der Waals surface area contributed by atoms with Gasteiger partial charge in [-0.25, -0.2) is 4.79 Å². The summed E-state index contributed by atoms with van der Waals surface area (Å²) in [7, 11) is 0. The van der Waals surface area contributed by atoms with E-state index in [1.54, 1.807) is 6.92 Å². The SMILES string of the molecule is CC(=O)OC[C@H]1O[C@@H](O[C@@H]2C[C@H](C)c3c2c(C)coc3=O)[C@H](OC(C)=O)[C@@H](OC(C)=O)[C@@H]1OC(C)=O. The molecule has 0 unspecified atom stereocenters. The molecule has 1 aliphatic carbocycles. The highest BCUT2D eigenvalue weighted by atomic mass is 16.7. The van der Waals surface area contributed by atoms with E-state index < -0.39 is 66.3 Å². The van der Waals surface area contributed by atoms with Gasteiger partial charge in [-0.2, -0.15) is 0 Å². The fourth-order valence-corrected chi connectivity index (χ4v) is 4.63. The summed E-state index contributed by atoms with van der Waals surface area (Å²) in [4.78, 5) is 59.7. The summed E-state index contributed by atoms with van der Waals surface area (Å²) < 4.78 is 38.7. The molecule has 1 fully saturated rings. The molecule has 7 atom stereocenters. The van der Waals surface area contributed by atoms with Crippen LogP contribution >= 0.6 is 0 Å². The molecule has 0 radical (unpaired) electrons. The lowest BCUT2D eigenvalue weighted by Crippen LogP contribution is -2.63. The van der Waals surface area contributed by atoms with Gasteiger partial charge in [-0.15, -0.1) is 0 Å². The van der Waals surface area contributed by atoms with Gasteiger partial charge in [0.1, 0.15) is 12.7 Å². The third-order valence-corrected chi connectivity index (χ3v) is 5.91. The Balaban J connectivity index is 2.02. The first-order chi connectivity index (χ1) is 16.9. The third kappa shape index (κ3) is 6.11. The lowest BCUT2D eigenvalue weighted by Gasteiger charge is -2.44. The number of rotatable bonds is 7. The summed E-state index contributed by atoms with van der Waals surface area (Å²) in [6.07, 6.45) is -5.34. The summed E-state index contributed by atoms with van der Waals surface area (Å²) in [6.45, 7) is 7.87. The van der Waals surface area contributed by atoms with Crippen LogP contribution in [0.25, 0.3) is 0 Å². The average molecular weight is 510 g/mol. The maximum atomic E-state index is 12.4. The lowest BCUT2D eigenvalue weighted by molar-refractivity contribution is -0.318. The average Bonchev–Trinajstić information content (AvgIpc) is 3.09. The first kappa shape index (κ1) is 27.3. The zero-order valence-electron chi connectivity index (χ0n) is 20.9. The van der Waals surface area contributed by atoms with Crippen LogP contribution in [0.1, 0.15) is 69.8 Å². The number of ether oxygens (including phenoxy) is 6. The van der Waals surface area contributed by atoms with Gasteiger partial charge in [0.25, 0.3) is 0 Å². The van der Waals surface area contributed by atoms with Crippen LogP contribution in [-0.4, -0.2) is 61.2 Å². The number of carbonyl (C=O) groups excluding carboxylic acids is 4. The Hall–Kier alpha value is -3.25. The van der Waals surface area contributed by atoms with E-state index in [1.807, 2.05) is 6.92 Å². The molecule has 2 aliphatic rings. The van der Waals surface area contributed by atoms with Crippen molar-refractivity contribution in [3.05, 3.63) is 33.4 Å². The molecule has 1 saturated heterocycles. The van der Waals surface area contributed by atoms with Crippen LogP contribution in [0.2, 0.25) is 0 Å². The second-order valence-electron chi connectivity index (χ2n) is 8.86. The zero-order valence-corrected chi connectivity index (χ0v) is 20.9. The molecule has 3 rings (SSSR count). The first-order valence-electron chi connectivity index (χ1n) is 11.5. The highest BCUT2D eigenvalue weighted by Gasteiger charge is 2.54. The molecule has 12 nitrogen and oxygen atoms in total. The molecule has 1 aliphatic heterocycles. The number of carbonyl (C=O) groups is 4. The summed E-state index contributed by atoms with van der Waals surface area (Å²) in [6, 6.07) is 0. The molecule has 0 N–H and O–H groups in total. The van der Waals surface area contributed by atoms with Crippen molar-refractivity contribution in [1.29, 1.82) is 0 Å². The van der Waals surface area contributed by atoms with Crippen LogP contribution in [0.3, 0.4) is 0 Å². The smallest absolute Gasteiger partial charge is 0.339 e. The molecule has 36 heavy (non-hydrogen) atoms. The molecule has 12 heteroatoms. The minimum atomic E-state index is -1.34. The van der Waals surface area contributed by atoms with Gasteiger partial charge in [0.2, 0.25) is 0 Å². The Labute approximate surface area is 207 Å². The second-order valence-corrected chi connectivity index (χ2v) is 8.86. The van der Waals surface area contributed by atoms with Crippen LogP contribution < -0.4 is 5.63 Å². The molecule has 0 bridgehead atoms. The lowest BCUT2D eigenvalue weighted by atomic mass is 9.97. The Kier molecular flexibility index (Phi) is 8.51. The number of fused-ring (bicyclic) bond motifs is 1. The monoisotopic (exact) mass is 510 g/mol. The number of hydrogen-bond acceptors (Lipinski definition) is 12. The molecule has 1 aromatic heterocycles. The third-order valence-electron chi connectivity index (χ3n) is 5.91. The van der Waals surface area contributed by atoms with E-state index in [1.165, 1.54) is 13.2 Å². The minimum Gasteiger partial charge on any atom is -0.463 e. The van der Waals surface area contributed by atoms with Crippen molar-refractivity contribution in [2.45, 2.75) is 90.7 Å². The first-order valence-corrected chi connectivity index (χ1v) is 11.5. The standard InChI is InChI=1S/C24H30O12/c1-10-7-16(18-11(2)8-31-23(29)19(10)18)35-24-22(34-15(6)28)21(33-14(5)27)20(32-13(4)26)17(36-24)9-30-12(3)25/h8,10,16-17,20-22,24H,7,9H2,1-6H3/t10-,16+,17+,20+,21-,22+,24+/m0/s1. The Bertz CT molecular complexity index is 1080. The summed E-state index contributed by atoms with van der Waals surface area (Å²) >= 11 is 0. The minimum absolute atomic E-state index is 0.188. The predicted molar refractivity (Wildman–Crippen MR) is 119 cm³/mol. The summed E-state index contributed by atoms with van der Waals surface area (Å²) in [5, 5.41) is 0. The Morgan fingerprint density at radius 1 is 0.889 bits per heavy atom. The van der Waals surface area contributed by atoms with Crippen LogP contribution in [-0.2, 0) is 47.6 Å². The van der Waals surface area contributed by atoms with E-state index >= 15 is 0 Å². The quantitative estimate of drug-likeness (QED) is 0.386. The molecule has 0 amide bonds. The van der Waals surface area contributed by atoms with Gasteiger partial charge in [-0.3, -0.25) is 19.2 Å². The molecule has 0 spiro atoms. The summed E-state index contributed by atoms with van der Waals surface area (Å²) in [5.74, 6) is -3.01. The van der Waals surface area contributed by atoms with Crippen molar-refractivity contribution in [3.8, 4) is 0 Å². The molecule has 0 saturated carbocycles. The normalized spacial score (nSPS) is 29.1. The molecular weight excluding hydrogens is 480 g/mol. The van der Waals surface area contributed by atoms with Crippen LogP contribution in [0.4, 0.5) is 0 Å². The molecule has 1 aromatic rings. The fraction of sp³-hybridized carbons (Fsp3) is 0.625. The van der Waals surface area contributed by atoms with E-state index in [4.69, 9.17) is 32.8 Å². The molecule has 198 valence electrons. The molecular formula is C24H30O12. The van der Waals surface area contributed by atoms with Crippen molar-refractivity contribution >= 4 is 23.9 Å². The van der Waals surface area contributed by atoms with Gasteiger partial charge in [0, 0.05) is 33.3 Å². The maximum absolute atomic E-state index is 12.4. The van der Waals surface area contributed by atoms with E-state index in [-0.39, 0.29) is 12.5 Å². The van der Waals surface area contributed by atoms with Crippen molar-refractivity contribution in [2.24, 2.45) is 0 Å². The van der Waals surface area contributed by atoms with Crippen LogP contribution in [0.5, 0.6) is 0 Å². The van der Waals surface area contributed by atoms with Gasteiger partial charge in [-0.05, 0) is 30.4 Å². The highest BCUT2D eigenvalue weighted by Crippen LogP contribution is 2.44. The van der Waals surface area contributed by atoms with Crippen molar-refractivity contribution in [3.63, 3.8) is 0 Å². The summed E-state index contributed by atoms with van der Waals surface area (Å²) in [5.41, 5.74) is 1.32. The van der Waals surface area contributed by atoms with Crippen molar-refractivity contribution in [2.75, 3.05) is 6.61 Å². The Morgan fingerprint density at radius 2 is 1.47 bits per heavy atom. The van der Waals surface area contributed by atoms with Gasteiger partial charge >= 0.3 is 29.5 Å².